The number of aliphatic hydroxyl groups is 3. The molecular formula is C30H44FN3O11. The molecular weight excluding hydrogens is 597 g/mol. The molecule has 4 aliphatic carbocycles. The third-order valence-corrected chi connectivity index (χ3v) is 10.6. The van der Waals surface area contributed by atoms with Gasteiger partial charge in [0.2, 0.25) is 11.7 Å². The molecule has 0 unspecified atom stereocenters. The summed E-state index contributed by atoms with van der Waals surface area (Å²) in [5.41, 5.74) is -6.78. The van der Waals surface area contributed by atoms with Gasteiger partial charge in [-0.3, -0.25) is 29.6 Å². The average Bonchev–Trinajstić information content (AvgIpc) is 3.18. The average molecular weight is 642 g/mol. The van der Waals surface area contributed by atoms with Crippen LogP contribution in [0.5, 0.6) is 0 Å². The maximum Gasteiger partial charge on any atom is 0.408 e. The number of nitrogens with one attached hydrogen (secondary N) is 2. The number of ether oxygens (including phenoxy) is 1. The van der Waals surface area contributed by atoms with Crippen molar-refractivity contribution in [1.29, 1.82) is 0 Å². The van der Waals surface area contributed by atoms with Crippen molar-refractivity contribution in [2.45, 2.75) is 88.7 Å². The van der Waals surface area contributed by atoms with Gasteiger partial charge in [-0.15, -0.1) is 0 Å². The van der Waals surface area contributed by atoms with Crippen LogP contribution in [0.2, 0.25) is 0 Å². The molecule has 4 rings (SSSR count). The Bertz CT molecular complexity index is 1230. The zero-order chi connectivity index (χ0) is 33.2. The summed E-state index contributed by atoms with van der Waals surface area (Å²) in [6.07, 6.45) is 2.72. The molecule has 4 aliphatic rings. The SMILES string of the molecule is C[C@]12C=CC(=O)C=C1CC[C@H]1[C@@H]3C[C@@H](O)[C@](O)(C(=O)COC(=O)NCC(=O)NCCCCCCON(O)O)[C@@]3(C)C[C@H](O)[C@@]12F. The molecule has 0 aliphatic heterocycles. The molecule has 3 fully saturated rings. The first-order valence-electron chi connectivity index (χ1n) is 15.3. The summed E-state index contributed by atoms with van der Waals surface area (Å²) in [7, 11) is 0. The highest BCUT2D eigenvalue weighted by molar-refractivity contribution is 6.01. The molecule has 2 amide bonds. The van der Waals surface area contributed by atoms with E-state index in [0.29, 0.717) is 31.4 Å². The van der Waals surface area contributed by atoms with Crippen molar-refractivity contribution in [2.75, 3.05) is 26.3 Å². The maximum atomic E-state index is 17.2. The lowest BCUT2D eigenvalue weighted by molar-refractivity contribution is -0.492. The quantitative estimate of drug-likeness (QED) is 0.111. The van der Waals surface area contributed by atoms with E-state index in [1.54, 1.807) is 13.8 Å². The van der Waals surface area contributed by atoms with Crippen LogP contribution in [-0.4, -0.2) is 104 Å². The molecule has 3 saturated carbocycles. The molecule has 0 aromatic rings. The largest absolute Gasteiger partial charge is 0.441 e. The molecule has 0 bridgehead atoms. The van der Waals surface area contributed by atoms with E-state index >= 15 is 4.39 Å². The highest BCUT2D eigenvalue weighted by Gasteiger charge is 2.76. The molecule has 45 heavy (non-hydrogen) atoms. The summed E-state index contributed by atoms with van der Waals surface area (Å²) in [4.78, 5) is 54.1. The Hall–Kier alpha value is -2.79. The van der Waals surface area contributed by atoms with E-state index in [1.807, 2.05) is 0 Å². The molecule has 0 heterocycles. The molecule has 0 aromatic carbocycles. The number of hydrogen-bond acceptors (Lipinski definition) is 12. The van der Waals surface area contributed by atoms with E-state index in [4.69, 9.17) is 15.2 Å². The summed E-state index contributed by atoms with van der Waals surface area (Å²) < 4.78 is 22.2. The maximum absolute atomic E-state index is 17.2. The number of allylic oxidation sites excluding steroid dienone is 4. The number of Topliss-reactive ketones (excluding diaryl/α,β-unsaturated/α-hetero) is 1. The Morgan fingerprint density at radius 1 is 1.07 bits per heavy atom. The number of carbonyl (C=O) groups excluding carboxylic acids is 4. The summed E-state index contributed by atoms with van der Waals surface area (Å²) in [6, 6.07) is 0. The first-order valence-corrected chi connectivity index (χ1v) is 15.3. The fraction of sp³-hybridized carbons (Fsp3) is 0.733. The number of amides is 2. The predicted molar refractivity (Wildman–Crippen MR) is 152 cm³/mol. The van der Waals surface area contributed by atoms with Gasteiger partial charge < -0.3 is 30.7 Å². The molecule has 8 atom stereocenters. The highest BCUT2D eigenvalue weighted by atomic mass is 19.1. The van der Waals surface area contributed by atoms with Gasteiger partial charge in [0.05, 0.1) is 30.7 Å². The first kappa shape index (κ1) is 35.1. The van der Waals surface area contributed by atoms with Crippen molar-refractivity contribution in [1.82, 2.24) is 16.0 Å². The van der Waals surface area contributed by atoms with Gasteiger partial charge in [-0.2, -0.15) is 0 Å². The van der Waals surface area contributed by atoms with Crippen LogP contribution in [0, 0.1) is 22.7 Å². The van der Waals surface area contributed by atoms with E-state index in [0.717, 1.165) is 12.8 Å². The molecule has 252 valence electrons. The smallest absolute Gasteiger partial charge is 0.408 e. The predicted octanol–water partition coefficient (Wildman–Crippen LogP) is 1.04. The molecule has 14 nitrogen and oxygen atoms in total. The molecule has 0 aromatic heterocycles. The summed E-state index contributed by atoms with van der Waals surface area (Å²) >= 11 is 0. The van der Waals surface area contributed by atoms with Crippen molar-refractivity contribution < 1.29 is 58.9 Å². The lowest BCUT2D eigenvalue weighted by Crippen LogP contribution is -2.69. The van der Waals surface area contributed by atoms with Crippen molar-refractivity contribution in [2.24, 2.45) is 22.7 Å². The van der Waals surface area contributed by atoms with Crippen LogP contribution in [0.3, 0.4) is 0 Å². The van der Waals surface area contributed by atoms with Gasteiger partial charge in [0.15, 0.2) is 23.7 Å². The van der Waals surface area contributed by atoms with Crippen molar-refractivity contribution in [3.63, 3.8) is 0 Å². The number of nitrogens with zero attached hydrogens (tertiary/aromatic N) is 1. The monoisotopic (exact) mass is 641 g/mol. The van der Waals surface area contributed by atoms with Gasteiger partial charge in [-0.05, 0) is 63.5 Å². The van der Waals surface area contributed by atoms with Crippen molar-refractivity contribution in [3.05, 3.63) is 23.8 Å². The topological polar surface area (TPSA) is 215 Å². The zero-order valence-corrected chi connectivity index (χ0v) is 25.5. The van der Waals surface area contributed by atoms with Gasteiger partial charge >= 0.3 is 6.09 Å². The number of carbonyl (C=O) groups is 4. The normalized spacial score (nSPS) is 36.9. The fourth-order valence-electron chi connectivity index (χ4n) is 8.19. The number of alkyl carbamates (subject to hydrolysis) is 1. The van der Waals surface area contributed by atoms with Crippen LogP contribution in [0.15, 0.2) is 23.8 Å². The van der Waals surface area contributed by atoms with Crippen LogP contribution >= 0.6 is 0 Å². The first-order chi connectivity index (χ1) is 21.1. The molecule has 0 spiro atoms. The van der Waals surface area contributed by atoms with Crippen LogP contribution in [0.4, 0.5) is 9.18 Å². The van der Waals surface area contributed by atoms with Crippen LogP contribution in [-0.2, 0) is 24.0 Å². The minimum atomic E-state index is -2.44. The highest BCUT2D eigenvalue weighted by Crippen LogP contribution is 2.69. The van der Waals surface area contributed by atoms with Crippen LogP contribution < -0.4 is 10.6 Å². The second-order valence-electron chi connectivity index (χ2n) is 13.0. The Kier molecular flexibility index (Phi) is 10.5. The zero-order valence-electron chi connectivity index (χ0n) is 25.5. The Labute approximate surface area is 260 Å². The summed E-state index contributed by atoms with van der Waals surface area (Å²) in [5.74, 6) is -3.29. The summed E-state index contributed by atoms with van der Waals surface area (Å²) in [5, 5.41) is 55.5. The Balaban J connectivity index is 1.29. The number of alkyl halides is 1. The van der Waals surface area contributed by atoms with Gasteiger partial charge in [-0.25, -0.2) is 9.18 Å². The van der Waals surface area contributed by atoms with Crippen molar-refractivity contribution in [3.8, 4) is 0 Å². The third-order valence-electron chi connectivity index (χ3n) is 10.6. The van der Waals surface area contributed by atoms with Gasteiger partial charge in [0.1, 0.15) is 0 Å². The second-order valence-corrected chi connectivity index (χ2v) is 13.0. The van der Waals surface area contributed by atoms with Crippen LogP contribution in [0.25, 0.3) is 0 Å². The minimum Gasteiger partial charge on any atom is -0.441 e. The van der Waals surface area contributed by atoms with Gasteiger partial charge in [0.25, 0.3) is 0 Å². The minimum absolute atomic E-state index is 0.108. The van der Waals surface area contributed by atoms with Gasteiger partial charge in [-0.1, -0.05) is 31.4 Å². The van der Waals surface area contributed by atoms with Crippen LogP contribution in [0.1, 0.15) is 65.2 Å². The molecule has 15 heteroatoms. The third kappa shape index (κ3) is 6.31. The number of fused-ring (bicyclic) bond motifs is 5. The van der Waals surface area contributed by atoms with E-state index in [-0.39, 0.29) is 37.0 Å². The Morgan fingerprint density at radius 3 is 2.49 bits per heavy atom. The standard InChI is InChI=1S/C30H44FN3O11/c1-27-10-9-19(35)13-18(27)7-8-20-21-14-22(36)30(41,28(21,2)15-23(37)29(20,27)31)24(38)17-44-26(40)33-16-25(39)32-11-5-3-4-6-12-45-34(42)43/h9-10,13,20-23,36-37,41-43H,3-8,11-12,14-17H2,1-2H3,(H,32,39)(H,33,40)/t20-,21-,22+,23-,27-,28-,29-,30-/m0/s1. The lowest BCUT2D eigenvalue weighted by Gasteiger charge is -2.62. The molecule has 0 radical (unpaired) electrons. The second kappa shape index (κ2) is 13.5. The number of unbranched alkanes of at least 4 members (excludes halogenated alkanes) is 3. The number of rotatable bonds is 13. The van der Waals surface area contributed by atoms with E-state index in [2.05, 4.69) is 15.5 Å². The Morgan fingerprint density at radius 2 is 1.78 bits per heavy atom. The van der Waals surface area contributed by atoms with Gasteiger partial charge in [0, 0.05) is 23.3 Å². The van der Waals surface area contributed by atoms with E-state index < -0.39 is 77.1 Å². The number of aliphatic hydroxyl groups excluding tert-OH is 2. The fourth-order valence-corrected chi connectivity index (χ4v) is 8.19. The number of hydrogen-bond donors (Lipinski definition) is 7. The van der Waals surface area contributed by atoms with Crippen molar-refractivity contribution >= 4 is 23.6 Å². The lowest BCUT2D eigenvalue weighted by atomic mass is 9.44. The number of ketones is 2. The molecule has 7 N–H and O–H groups in total. The van der Waals surface area contributed by atoms with E-state index in [9.17, 15) is 34.5 Å². The molecule has 0 saturated heterocycles. The summed E-state index contributed by atoms with van der Waals surface area (Å²) in [6.45, 7) is 2.29. The number of halogens is 1. The van der Waals surface area contributed by atoms with E-state index in [1.165, 1.54) is 18.2 Å².